The van der Waals surface area contributed by atoms with Crippen molar-refractivity contribution in [2.24, 2.45) is 0 Å². The summed E-state index contributed by atoms with van der Waals surface area (Å²) in [5, 5.41) is 18.8. The lowest BCUT2D eigenvalue weighted by Gasteiger charge is -2.16. The zero-order chi connectivity index (χ0) is 19.6. The van der Waals surface area contributed by atoms with Gasteiger partial charge in [0.25, 0.3) is 11.6 Å². The third-order valence-corrected chi connectivity index (χ3v) is 4.09. The van der Waals surface area contributed by atoms with Gasteiger partial charge in [0.1, 0.15) is 5.82 Å². The van der Waals surface area contributed by atoms with Crippen LogP contribution in [-0.4, -0.2) is 37.8 Å². The molecule has 138 valence electrons. The number of non-ortho nitro benzene ring substituents is 1. The molecule has 0 aliphatic heterocycles. The van der Waals surface area contributed by atoms with Gasteiger partial charge in [0.05, 0.1) is 16.3 Å². The zero-order valence-electron chi connectivity index (χ0n) is 14.7. The second-order valence-electron chi connectivity index (χ2n) is 5.96. The van der Waals surface area contributed by atoms with E-state index in [1.165, 1.54) is 33.8 Å². The summed E-state index contributed by atoms with van der Waals surface area (Å²) in [4.78, 5) is 24.5. The van der Waals surface area contributed by atoms with Crippen LogP contribution >= 0.6 is 0 Å². The Morgan fingerprint density at radius 3 is 2.70 bits per heavy atom. The van der Waals surface area contributed by atoms with Crippen molar-refractivity contribution >= 4 is 11.6 Å². The van der Waals surface area contributed by atoms with E-state index in [0.717, 1.165) is 0 Å². The predicted octanol–water partition coefficient (Wildman–Crippen LogP) is 2.90. The topological polar surface area (TPSA) is 94.2 Å². The van der Waals surface area contributed by atoms with Crippen molar-refractivity contribution in [2.75, 3.05) is 7.05 Å². The van der Waals surface area contributed by atoms with Gasteiger partial charge >= 0.3 is 0 Å². The first-order valence-electron chi connectivity index (χ1n) is 8.04. The summed E-state index contributed by atoms with van der Waals surface area (Å²) < 4.78 is 15.2. The normalized spacial score (nSPS) is 10.6. The molecule has 0 fully saturated rings. The monoisotopic (exact) mass is 369 g/mol. The highest BCUT2D eigenvalue weighted by molar-refractivity contribution is 5.93. The molecular formula is C18H16FN5O3. The Hall–Kier alpha value is -3.62. The van der Waals surface area contributed by atoms with E-state index in [0.29, 0.717) is 16.9 Å². The van der Waals surface area contributed by atoms with Gasteiger partial charge in [0, 0.05) is 31.3 Å². The number of hydrogen-bond donors (Lipinski definition) is 0. The summed E-state index contributed by atoms with van der Waals surface area (Å²) in [6.07, 6.45) is 0. The second kappa shape index (κ2) is 7.32. The number of halogens is 1. The molecular weight excluding hydrogens is 353 g/mol. The molecule has 0 spiro atoms. The number of rotatable bonds is 5. The molecule has 0 aliphatic carbocycles. The molecule has 0 saturated heterocycles. The van der Waals surface area contributed by atoms with Crippen LogP contribution in [-0.2, 0) is 6.54 Å². The number of carbonyl (C=O) groups is 1. The van der Waals surface area contributed by atoms with Crippen LogP contribution in [0.4, 0.5) is 10.1 Å². The maximum absolute atomic E-state index is 13.8. The lowest BCUT2D eigenvalue weighted by atomic mass is 10.2. The predicted molar refractivity (Wildman–Crippen MR) is 94.9 cm³/mol. The van der Waals surface area contributed by atoms with Crippen LogP contribution in [0.15, 0.2) is 48.5 Å². The largest absolute Gasteiger partial charge is 0.336 e. The first-order valence-corrected chi connectivity index (χ1v) is 8.04. The zero-order valence-corrected chi connectivity index (χ0v) is 14.7. The third kappa shape index (κ3) is 3.66. The number of nitrogens with zero attached hydrogens (tertiary/aromatic N) is 5. The summed E-state index contributed by atoms with van der Waals surface area (Å²) in [6.45, 7) is 1.72. The summed E-state index contributed by atoms with van der Waals surface area (Å²) in [7, 11) is 1.54. The number of benzene rings is 2. The minimum Gasteiger partial charge on any atom is -0.336 e. The van der Waals surface area contributed by atoms with Gasteiger partial charge in [-0.1, -0.05) is 29.5 Å². The minimum atomic E-state index is -0.510. The number of aromatic nitrogens is 3. The molecule has 0 unspecified atom stereocenters. The molecule has 2 aromatic carbocycles. The number of hydrogen-bond acceptors (Lipinski definition) is 5. The molecule has 0 N–H and O–H groups in total. The van der Waals surface area contributed by atoms with Gasteiger partial charge in [0.15, 0.2) is 5.69 Å². The van der Waals surface area contributed by atoms with Crippen molar-refractivity contribution in [1.29, 1.82) is 0 Å². The van der Waals surface area contributed by atoms with Crippen LogP contribution < -0.4 is 0 Å². The van der Waals surface area contributed by atoms with Gasteiger partial charge in [-0.2, -0.15) is 0 Å². The van der Waals surface area contributed by atoms with E-state index < -0.39 is 16.6 Å². The van der Waals surface area contributed by atoms with Gasteiger partial charge in [-0.15, -0.1) is 5.10 Å². The third-order valence-electron chi connectivity index (χ3n) is 4.09. The highest BCUT2D eigenvalue weighted by Crippen LogP contribution is 2.19. The fraction of sp³-hybridized carbons (Fsp3) is 0.167. The van der Waals surface area contributed by atoms with Crippen LogP contribution in [0.3, 0.4) is 0 Å². The molecule has 0 atom stereocenters. The highest BCUT2D eigenvalue weighted by Gasteiger charge is 2.22. The molecule has 0 aliphatic rings. The summed E-state index contributed by atoms with van der Waals surface area (Å²) >= 11 is 0. The maximum atomic E-state index is 13.8. The van der Waals surface area contributed by atoms with Gasteiger partial charge in [0.2, 0.25) is 0 Å². The number of nitro benzene ring substituents is 1. The quantitative estimate of drug-likeness (QED) is 0.509. The first-order chi connectivity index (χ1) is 12.9. The van der Waals surface area contributed by atoms with E-state index in [2.05, 4.69) is 10.3 Å². The Labute approximate surface area is 154 Å². The number of nitro groups is 1. The number of carbonyl (C=O) groups excluding carboxylic acids is 1. The molecule has 1 amide bonds. The van der Waals surface area contributed by atoms with Crippen molar-refractivity contribution in [2.45, 2.75) is 13.5 Å². The van der Waals surface area contributed by atoms with Crippen molar-refractivity contribution in [3.63, 3.8) is 0 Å². The summed E-state index contributed by atoms with van der Waals surface area (Å²) in [5.74, 6) is -0.818. The fourth-order valence-corrected chi connectivity index (χ4v) is 2.65. The van der Waals surface area contributed by atoms with Crippen LogP contribution in [0.1, 0.15) is 21.7 Å². The van der Waals surface area contributed by atoms with Crippen LogP contribution in [0, 0.1) is 22.9 Å². The summed E-state index contributed by atoms with van der Waals surface area (Å²) in [6, 6.07) is 12.1. The molecule has 1 heterocycles. The molecule has 9 heteroatoms. The van der Waals surface area contributed by atoms with Gasteiger partial charge in [-0.3, -0.25) is 14.9 Å². The van der Waals surface area contributed by atoms with E-state index >= 15 is 0 Å². The van der Waals surface area contributed by atoms with Crippen LogP contribution in [0.2, 0.25) is 0 Å². The standard InChI is InChI=1S/C18H16FN5O3/c1-12-17(18(25)22(2)11-13-6-3-4-9-16(13)19)20-21-23(12)14-7-5-8-15(10-14)24(26)27/h3-10H,11H2,1-2H3. The van der Waals surface area contributed by atoms with Crippen LogP contribution in [0.5, 0.6) is 0 Å². The van der Waals surface area contributed by atoms with Gasteiger partial charge in [-0.05, 0) is 19.1 Å². The molecule has 1 aromatic heterocycles. The van der Waals surface area contributed by atoms with E-state index in [9.17, 15) is 19.3 Å². The van der Waals surface area contributed by atoms with Crippen molar-refractivity contribution < 1.29 is 14.1 Å². The highest BCUT2D eigenvalue weighted by atomic mass is 19.1. The summed E-state index contributed by atoms with van der Waals surface area (Å²) in [5.41, 5.74) is 1.25. The molecule has 27 heavy (non-hydrogen) atoms. The van der Waals surface area contributed by atoms with E-state index in [-0.39, 0.29) is 17.9 Å². The molecule has 3 rings (SSSR count). The Balaban J connectivity index is 1.86. The fourth-order valence-electron chi connectivity index (χ4n) is 2.65. The Morgan fingerprint density at radius 2 is 2.00 bits per heavy atom. The molecule has 0 bridgehead atoms. The molecule has 3 aromatic rings. The Kier molecular flexibility index (Phi) is 4.93. The lowest BCUT2D eigenvalue weighted by Crippen LogP contribution is -2.27. The molecule has 8 nitrogen and oxygen atoms in total. The van der Waals surface area contributed by atoms with E-state index in [1.807, 2.05) is 0 Å². The Morgan fingerprint density at radius 1 is 1.26 bits per heavy atom. The first kappa shape index (κ1) is 18.2. The van der Waals surface area contributed by atoms with Gasteiger partial charge in [-0.25, -0.2) is 9.07 Å². The SMILES string of the molecule is Cc1c(C(=O)N(C)Cc2ccccc2F)nnn1-c1cccc([N+](=O)[O-])c1. The van der Waals surface area contributed by atoms with Crippen molar-refractivity contribution in [3.05, 3.63) is 81.4 Å². The lowest BCUT2D eigenvalue weighted by molar-refractivity contribution is -0.384. The average molecular weight is 369 g/mol. The maximum Gasteiger partial charge on any atom is 0.276 e. The average Bonchev–Trinajstić information content (AvgIpc) is 3.04. The number of amides is 1. The van der Waals surface area contributed by atoms with E-state index in [4.69, 9.17) is 0 Å². The second-order valence-corrected chi connectivity index (χ2v) is 5.96. The minimum absolute atomic E-state index is 0.0780. The smallest absolute Gasteiger partial charge is 0.276 e. The van der Waals surface area contributed by atoms with Crippen molar-refractivity contribution in [3.8, 4) is 5.69 Å². The molecule has 0 radical (unpaired) electrons. The Bertz CT molecular complexity index is 1020. The van der Waals surface area contributed by atoms with Crippen molar-refractivity contribution in [1.82, 2.24) is 19.9 Å². The van der Waals surface area contributed by atoms with Crippen LogP contribution in [0.25, 0.3) is 5.69 Å². The van der Waals surface area contributed by atoms with E-state index in [1.54, 1.807) is 38.2 Å². The molecule has 0 saturated carbocycles. The van der Waals surface area contributed by atoms with Gasteiger partial charge < -0.3 is 4.90 Å².